The molecule has 0 radical (unpaired) electrons. The number of methoxy groups -OCH3 is 2. The van der Waals surface area contributed by atoms with Crippen LogP contribution >= 0.6 is 11.6 Å². The Morgan fingerprint density at radius 1 is 1.36 bits per heavy atom. The summed E-state index contributed by atoms with van der Waals surface area (Å²) in [6.45, 7) is 4.11. The van der Waals surface area contributed by atoms with Gasteiger partial charge in [-0.25, -0.2) is 0 Å². The summed E-state index contributed by atoms with van der Waals surface area (Å²) < 4.78 is 11.0. The van der Waals surface area contributed by atoms with Crippen molar-refractivity contribution >= 4 is 17.6 Å². The monoisotopic (exact) mass is 326 g/mol. The first-order valence-electron chi connectivity index (χ1n) is 7.56. The Hall–Kier alpha value is -1.42. The second-order valence-corrected chi connectivity index (χ2v) is 6.50. The second kappa shape index (κ2) is 6.78. The summed E-state index contributed by atoms with van der Waals surface area (Å²) in [6, 6.07) is 1.89. The van der Waals surface area contributed by atoms with Crippen LogP contribution in [0, 0.1) is 5.92 Å². The van der Waals surface area contributed by atoms with Crippen LogP contribution in [0.4, 0.5) is 0 Å². The van der Waals surface area contributed by atoms with Crippen molar-refractivity contribution in [3.8, 4) is 11.5 Å². The molecule has 22 heavy (non-hydrogen) atoms. The number of carbonyl (C=O) groups is 1. The minimum atomic E-state index is -0.816. The molecule has 1 unspecified atom stereocenters. The fourth-order valence-corrected chi connectivity index (χ4v) is 3.46. The minimum absolute atomic E-state index is 0.0610. The van der Waals surface area contributed by atoms with Gasteiger partial charge in [0.1, 0.15) is 0 Å². The van der Waals surface area contributed by atoms with E-state index in [0.717, 1.165) is 24.0 Å². The summed E-state index contributed by atoms with van der Waals surface area (Å²) >= 11 is 6.64. The molecule has 1 aromatic carbocycles. The standard InChI is InChI=1S/C17H23ClO4/c1-9(2)11-7-13(21-3)17(22-4)15(16(11)18)12(8-14(19)20)10-5-6-10/h7,9-10,12H,5-6,8H2,1-4H3,(H,19,20). The van der Waals surface area contributed by atoms with Crippen molar-refractivity contribution in [1.29, 1.82) is 0 Å². The molecule has 0 aliphatic heterocycles. The number of carboxylic acid groups (broad SMARTS) is 1. The number of rotatable bonds is 7. The molecule has 0 heterocycles. The lowest BCUT2D eigenvalue weighted by Gasteiger charge is -2.24. The molecular weight excluding hydrogens is 304 g/mol. The van der Waals surface area contributed by atoms with Gasteiger partial charge in [0.25, 0.3) is 0 Å². The Kier molecular flexibility index (Phi) is 5.22. The van der Waals surface area contributed by atoms with E-state index in [2.05, 4.69) is 13.8 Å². The largest absolute Gasteiger partial charge is 0.493 e. The SMILES string of the molecule is COc1cc(C(C)C)c(Cl)c(C(CC(=O)O)C2CC2)c1OC. The topological polar surface area (TPSA) is 55.8 Å². The molecule has 1 N–H and O–H groups in total. The zero-order valence-corrected chi connectivity index (χ0v) is 14.2. The van der Waals surface area contributed by atoms with Crippen molar-refractivity contribution in [3.63, 3.8) is 0 Å². The summed E-state index contributed by atoms with van der Waals surface area (Å²) in [7, 11) is 3.15. The molecule has 2 rings (SSSR count). The van der Waals surface area contributed by atoms with Gasteiger partial charge in [-0.3, -0.25) is 4.79 Å². The van der Waals surface area contributed by atoms with E-state index >= 15 is 0 Å². The lowest BCUT2D eigenvalue weighted by molar-refractivity contribution is -0.137. The van der Waals surface area contributed by atoms with Crippen molar-refractivity contribution in [2.75, 3.05) is 14.2 Å². The number of benzene rings is 1. The molecule has 1 aliphatic rings. The molecular formula is C17H23ClO4. The highest BCUT2D eigenvalue weighted by Crippen LogP contribution is 2.53. The highest BCUT2D eigenvalue weighted by Gasteiger charge is 2.38. The van der Waals surface area contributed by atoms with Gasteiger partial charge in [0.15, 0.2) is 11.5 Å². The number of ether oxygens (including phenoxy) is 2. The van der Waals surface area contributed by atoms with Gasteiger partial charge >= 0.3 is 5.97 Å². The van der Waals surface area contributed by atoms with Gasteiger partial charge in [-0.15, -0.1) is 0 Å². The molecule has 122 valence electrons. The molecule has 1 aromatic rings. The van der Waals surface area contributed by atoms with Gasteiger partial charge in [0.05, 0.1) is 25.7 Å². The number of aliphatic carboxylic acids is 1. The lowest BCUT2D eigenvalue weighted by Crippen LogP contribution is -2.12. The second-order valence-electron chi connectivity index (χ2n) is 6.13. The zero-order chi connectivity index (χ0) is 16.4. The quantitative estimate of drug-likeness (QED) is 0.804. The van der Waals surface area contributed by atoms with Gasteiger partial charge in [-0.1, -0.05) is 25.4 Å². The third-order valence-corrected chi connectivity index (χ3v) is 4.67. The van der Waals surface area contributed by atoms with E-state index in [4.69, 9.17) is 21.1 Å². The van der Waals surface area contributed by atoms with Crippen molar-refractivity contribution < 1.29 is 19.4 Å². The molecule has 1 atom stereocenters. The molecule has 0 aromatic heterocycles. The fourth-order valence-electron chi connectivity index (χ4n) is 2.96. The van der Waals surface area contributed by atoms with Crippen LogP contribution in [0.1, 0.15) is 56.1 Å². The van der Waals surface area contributed by atoms with E-state index in [-0.39, 0.29) is 18.3 Å². The first-order chi connectivity index (χ1) is 10.4. The molecule has 1 saturated carbocycles. The van der Waals surface area contributed by atoms with E-state index in [1.807, 2.05) is 6.07 Å². The van der Waals surface area contributed by atoms with Crippen molar-refractivity contribution in [2.24, 2.45) is 5.92 Å². The third kappa shape index (κ3) is 3.32. The average Bonchev–Trinajstić information content (AvgIpc) is 3.28. The summed E-state index contributed by atoms with van der Waals surface area (Å²) in [4.78, 5) is 11.3. The molecule has 4 nitrogen and oxygen atoms in total. The minimum Gasteiger partial charge on any atom is -0.493 e. The van der Waals surface area contributed by atoms with Crippen LogP contribution in [0.2, 0.25) is 5.02 Å². The van der Waals surface area contributed by atoms with Crippen LogP contribution in [0.15, 0.2) is 6.07 Å². The van der Waals surface area contributed by atoms with E-state index in [1.54, 1.807) is 14.2 Å². The number of halogens is 1. The van der Waals surface area contributed by atoms with E-state index in [9.17, 15) is 9.90 Å². The lowest BCUT2D eigenvalue weighted by atomic mass is 9.87. The van der Waals surface area contributed by atoms with E-state index < -0.39 is 5.97 Å². The summed E-state index contributed by atoms with van der Waals surface area (Å²) in [5, 5.41) is 9.88. The molecule has 1 fully saturated rings. The predicted molar refractivity (Wildman–Crippen MR) is 86.4 cm³/mol. The van der Waals surface area contributed by atoms with Gasteiger partial charge in [-0.2, -0.15) is 0 Å². The first kappa shape index (κ1) is 16.9. The Morgan fingerprint density at radius 3 is 2.41 bits per heavy atom. The molecule has 0 saturated heterocycles. The van der Waals surface area contributed by atoms with Crippen molar-refractivity contribution in [2.45, 2.75) is 44.9 Å². The Labute approximate surface area is 136 Å². The number of hydrogen-bond donors (Lipinski definition) is 1. The van der Waals surface area contributed by atoms with Crippen LogP contribution in [-0.2, 0) is 4.79 Å². The molecule has 0 amide bonds. The van der Waals surface area contributed by atoms with Gasteiger partial charge < -0.3 is 14.6 Å². The van der Waals surface area contributed by atoms with Crippen LogP contribution in [0.25, 0.3) is 0 Å². The van der Waals surface area contributed by atoms with E-state index in [0.29, 0.717) is 22.4 Å². The van der Waals surface area contributed by atoms with Crippen molar-refractivity contribution in [1.82, 2.24) is 0 Å². The normalized spacial score (nSPS) is 15.7. The molecule has 0 spiro atoms. The highest BCUT2D eigenvalue weighted by atomic mass is 35.5. The summed E-state index contributed by atoms with van der Waals surface area (Å²) in [5.74, 6) is 0.804. The van der Waals surface area contributed by atoms with Gasteiger partial charge in [0, 0.05) is 11.5 Å². The molecule has 5 heteroatoms. The summed E-state index contributed by atoms with van der Waals surface area (Å²) in [6.07, 6.45) is 2.13. The molecule has 0 bridgehead atoms. The maximum atomic E-state index is 11.3. The molecule has 1 aliphatic carbocycles. The Balaban J connectivity index is 2.63. The average molecular weight is 327 g/mol. The smallest absolute Gasteiger partial charge is 0.303 e. The maximum Gasteiger partial charge on any atom is 0.303 e. The van der Waals surface area contributed by atoms with Crippen LogP contribution in [-0.4, -0.2) is 25.3 Å². The highest BCUT2D eigenvalue weighted by molar-refractivity contribution is 6.32. The predicted octanol–water partition coefficient (Wildman–Crippen LogP) is 4.45. The fraction of sp³-hybridized carbons (Fsp3) is 0.588. The van der Waals surface area contributed by atoms with Crippen LogP contribution in [0.5, 0.6) is 11.5 Å². The zero-order valence-electron chi connectivity index (χ0n) is 13.5. The third-order valence-electron chi connectivity index (χ3n) is 4.25. The van der Waals surface area contributed by atoms with E-state index in [1.165, 1.54) is 0 Å². The van der Waals surface area contributed by atoms with Crippen LogP contribution < -0.4 is 9.47 Å². The van der Waals surface area contributed by atoms with Gasteiger partial charge in [-0.05, 0) is 36.3 Å². The number of carboxylic acids is 1. The van der Waals surface area contributed by atoms with Crippen molar-refractivity contribution in [3.05, 3.63) is 22.2 Å². The number of hydrogen-bond acceptors (Lipinski definition) is 3. The Morgan fingerprint density at radius 2 is 2.00 bits per heavy atom. The van der Waals surface area contributed by atoms with Crippen LogP contribution in [0.3, 0.4) is 0 Å². The summed E-state index contributed by atoms with van der Waals surface area (Å²) in [5.41, 5.74) is 1.75. The maximum absolute atomic E-state index is 11.3. The Bertz CT molecular complexity index is 564. The first-order valence-corrected chi connectivity index (χ1v) is 7.94. The van der Waals surface area contributed by atoms with Gasteiger partial charge in [0.2, 0.25) is 0 Å².